The number of hydrogen-bond acceptors (Lipinski definition) is 3. The van der Waals surface area contributed by atoms with Gasteiger partial charge in [0.05, 0.1) is 17.7 Å². The monoisotopic (exact) mass is 492 g/mol. The summed E-state index contributed by atoms with van der Waals surface area (Å²) in [6.45, 7) is 8.30. The zero-order valence-electron chi connectivity index (χ0n) is 21.2. The lowest BCUT2D eigenvalue weighted by atomic mass is 9.93. The molecule has 2 aromatic carbocycles. The molecule has 1 aliphatic heterocycles. The molecule has 190 valence electrons. The molecule has 1 aliphatic rings. The van der Waals surface area contributed by atoms with Crippen molar-refractivity contribution in [3.8, 4) is 0 Å². The lowest BCUT2D eigenvalue weighted by molar-refractivity contribution is -0.132. The van der Waals surface area contributed by atoms with E-state index in [4.69, 9.17) is 0 Å². The van der Waals surface area contributed by atoms with E-state index in [1.165, 1.54) is 19.1 Å². The average molecular weight is 493 g/mol. The Balaban J connectivity index is 1.80. The van der Waals surface area contributed by atoms with Gasteiger partial charge in [0.2, 0.25) is 11.8 Å². The van der Waals surface area contributed by atoms with Crippen LogP contribution in [0.15, 0.2) is 48.5 Å². The van der Waals surface area contributed by atoms with Crippen molar-refractivity contribution in [1.82, 2.24) is 14.8 Å². The molecule has 0 saturated carbocycles. The van der Waals surface area contributed by atoms with Gasteiger partial charge in [0, 0.05) is 25.4 Å². The number of nitrogens with zero attached hydrogens (tertiary/aromatic N) is 2. The summed E-state index contributed by atoms with van der Waals surface area (Å²) in [4.78, 5) is 41.3. The van der Waals surface area contributed by atoms with Gasteiger partial charge in [0.15, 0.2) is 0 Å². The summed E-state index contributed by atoms with van der Waals surface area (Å²) in [7, 11) is 0. The summed E-state index contributed by atoms with van der Waals surface area (Å²) in [5, 5.41) is 6.19. The van der Waals surface area contributed by atoms with E-state index in [-0.39, 0.29) is 35.6 Å². The van der Waals surface area contributed by atoms with E-state index in [9.17, 15) is 18.8 Å². The van der Waals surface area contributed by atoms with Crippen LogP contribution in [0.4, 0.5) is 10.1 Å². The van der Waals surface area contributed by atoms with Gasteiger partial charge in [0.25, 0.3) is 5.91 Å². The summed E-state index contributed by atoms with van der Waals surface area (Å²) in [6.07, 6.45) is 1.38. The van der Waals surface area contributed by atoms with E-state index in [1.807, 2.05) is 30.3 Å². The number of nitrogens with one attached hydrogen (secondary N) is 2. The Morgan fingerprint density at radius 3 is 2.53 bits per heavy atom. The number of amides is 3. The van der Waals surface area contributed by atoms with Crippen molar-refractivity contribution < 1.29 is 18.8 Å². The standard InChI is InChI=1S/C28H33FN4O3/c1-18(2)12-14-30-27(36)28(4)17-32-23-11-10-21(29)16-22(23)24(31-19(3)34)25(32)26(35)33(28)15-13-20-8-6-5-7-9-20/h5-11,16,18H,12-15,17H2,1-4H3,(H,30,36)(H,31,34)/t28-/m0/s1. The van der Waals surface area contributed by atoms with Crippen LogP contribution in [0.5, 0.6) is 0 Å². The topological polar surface area (TPSA) is 83.4 Å². The fourth-order valence-corrected chi connectivity index (χ4v) is 4.85. The van der Waals surface area contributed by atoms with Gasteiger partial charge in [0.1, 0.15) is 17.1 Å². The van der Waals surface area contributed by atoms with Gasteiger partial charge in [-0.2, -0.15) is 0 Å². The first-order chi connectivity index (χ1) is 17.1. The minimum atomic E-state index is -1.18. The quantitative estimate of drug-likeness (QED) is 0.490. The number of carbonyl (C=O) groups is 3. The Hall–Kier alpha value is -3.68. The van der Waals surface area contributed by atoms with E-state index in [1.54, 1.807) is 22.5 Å². The third-order valence-electron chi connectivity index (χ3n) is 6.80. The van der Waals surface area contributed by atoms with Gasteiger partial charge in [-0.1, -0.05) is 44.2 Å². The summed E-state index contributed by atoms with van der Waals surface area (Å²) >= 11 is 0. The van der Waals surface area contributed by atoms with Crippen LogP contribution >= 0.6 is 0 Å². The lowest BCUT2D eigenvalue weighted by Crippen LogP contribution is -2.64. The molecule has 0 bridgehead atoms. The van der Waals surface area contributed by atoms with Crippen LogP contribution in [0.1, 0.15) is 50.2 Å². The van der Waals surface area contributed by atoms with Crippen molar-refractivity contribution in [3.63, 3.8) is 0 Å². The molecule has 0 saturated heterocycles. The van der Waals surface area contributed by atoms with Gasteiger partial charge in [-0.15, -0.1) is 0 Å². The van der Waals surface area contributed by atoms with Crippen molar-refractivity contribution in [2.45, 2.75) is 52.6 Å². The molecule has 3 aromatic rings. The summed E-state index contributed by atoms with van der Waals surface area (Å²) in [6, 6.07) is 14.0. The first-order valence-electron chi connectivity index (χ1n) is 12.4. The van der Waals surface area contributed by atoms with E-state index < -0.39 is 11.4 Å². The number of anilines is 1. The van der Waals surface area contributed by atoms with Gasteiger partial charge in [-0.25, -0.2) is 4.39 Å². The Bertz CT molecular complexity index is 1300. The molecule has 8 heteroatoms. The molecule has 0 fully saturated rings. The number of aromatic nitrogens is 1. The highest BCUT2D eigenvalue weighted by molar-refractivity contribution is 6.14. The molecule has 0 aliphatic carbocycles. The maximum Gasteiger partial charge on any atom is 0.273 e. The van der Waals surface area contributed by atoms with E-state index >= 15 is 0 Å². The van der Waals surface area contributed by atoms with Crippen LogP contribution in [0.3, 0.4) is 0 Å². The maximum absolute atomic E-state index is 14.2. The normalized spacial score (nSPS) is 17.4. The van der Waals surface area contributed by atoms with E-state index in [0.717, 1.165) is 12.0 Å². The third kappa shape index (κ3) is 4.85. The van der Waals surface area contributed by atoms with E-state index in [0.29, 0.717) is 36.3 Å². The van der Waals surface area contributed by atoms with E-state index in [2.05, 4.69) is 24.5 Å². The molecule has 4 rings (SSSR count). The molecule has 1 atom stereocenters. The van der Waals surface area contributed by atoms with Gasteiger partial charge >= 0.3 is 0 Å². The summed E-state index contributed by atoms with van der Waals surface area (Å²) in [5.74, 6) is -1.02. The fraction of sp³-hybridized carbons (Fsp3) is 0.393. The molecular weight excluding hydrogens is 459 g/mol. The van der Waals surface area contributed by atoms with Crippen LogP contribution < -0.4 is 10.6 Å². The van der Waals surface area contributed by atoms with Crippen LogP contribution in [-0.4, -0.2) is 45.8 Å². The van der Waals surface area contributed by atoms with Crippen molar-refractivity contribution in [3.05, 3.63) is 65.6 Å². The lowest BCUT2D eigenvalue weighted by Gasteiger charge is -2.44. The fourth-order valence-electron chi connectivity index (χ4n) is 4.85. The number of benzene rings is 2. The van der Waals surface area contributed by atoms with Crippen LogP contribution in [0, 0.1) is 11.7 Å². The average Bonchev–Trinajstić information content (AvgIpc) is 3.10. The highest BCUT2D eigenvalue weighted by Gasteiger charge is 2.48. The minimum Gasteiger partial charge on any atom is -0.354 e. The molecule has 0 unspecified atom stereocenters. The van der Waals surface area contributed by atoms with Crippen LogP contribution in [-0.2, 0) is 22.6 Å². The second-order valence-electron chi connectivity index (χ2n) is 10.1. The largest absolute Gasteiger partial charge is 0.354 e. The van der Waals surface area contributed by atoms with Crippen molar-refractivity contribution in [2.75, 3.05) is 18.4 Å². The maximum atomic E-state index is 14.2. The highest BCUT2D eigenvalue weighted by atomic mass is 19.1. The zero-order valence-corrected chi connectivity index (χ0v) is 21.2. The molecule has 1 aromatic heterocycles. The number of halogens is 1. The molecule has 3 amide bonds. The van der Waals surface area contributed by atoms with Crippen molar-refractivity contribution in [1.29, 1.82) is 0 Å². The Labute approximate surface area is 210 Å². The Morgan fingerprint density at radius 2 is 1.86 bits per heavy atom. The van der Waals surface area contributed by atoms with Crippen molar-refractivity contribution >= 4 is 34.3 Å². The number of rotatable bonds is 8. The predicted molar refractivity (Wildman–Crippen MR) is 138 cm³/mol. The smallest absolute Gasteiger partial charge is 0.273 e. The zero-order chi connectivity index (χ0) is 26.0. The number of hydrogen-bond donors (Lipinski definition) is 2. The number of fused-ring (bicyclic) bond motifs is 3. The molecule has 2 heterocycles. The summed E-state index contributed by atoms with van der Waals surface area (Å²) in [5.41, 5.74) is 0.986. The first-order valence-corrected chi connectivity index (χ1v) is 12.4. The van der Waals surface area contributed by atoms with Crippen LogP contribution in [0.25, 0.3) is 10.9 Å². The third-order valence-corrected chi connectivity index (χ3v) is 6.80. The SMILES string of the molecule is CC(=O)Nc1c2n(c3ccc(F)cc13)C[C@@](C)(C(=O)NCCC(C)C)N(CCc1ccccc1)C2=O. The molecule has 36 heavy (non-hydrogen) atoms. The summed E-state index contributed by atoms with van der Waals surface area (Å²) < 4.78 is 15.9. The predicted octanol–water partition coefficient (Wildman–Crippen LogP) is 4.36. The Kier molecular flexibility index (Phi) is 7.15. The highest BCUT2D eigenvalue weighted by Crippen LogP contribution is 2.39. The Morgan fingerprint density at radius 1 is 1.14 bits per heavy atom. The van der Waals surface area contributed by atoms with Gasteiger partial charge in [-0.3, -0.25) is 14.4 Å². The van der Waals surface area contributed by atoms with Crippen molar-refractivity contribution in [2.24, 2.45) is 5.92 Å². The molecule has 2 N–H and O–H groups in total. The van der Waals surface area contributed by atoms with Gasteiger partial charge in [-0.05, 0) is 49.4 Å². The molecule has 0 radical (unpaired) electrons. The molecule has 0 spiro atoms. The molecular formula is C28H33FN4O3. The first kappa shape index (κ1) is 25.4. The van der Waals surface area contributed by atoms with Gasteiger partial charge < -0.3 is 20.1 Å². The number of carbonyl (C=O) groups excluding carboxylic acids is 3. The second kappa shape index (κ2) is 10.1. The second-order valence-corrected chi connectivity index (χ2v) is 10.1. The molecule has 7 nitrogen and oxygen atoms in total. The van der Waals surface area contributed by atoms with Crippen LogP contribution in [0.2, 0.25) is 0 Å². The minimum absolute atomic E-state index is 0.179.